The van der Waals surface area contributed by atoms with Gasteiger partial charge < -0.3 is 4.57 Å². The minimum Gasteiger partial charge on any atom is -0.303 e. The molecular formula is C15H16N2O2. The molecule has 0 radical (unpaired) electrons. The molecule has 98 valence electrons. The molecule has 1 aromatic heterocycles. The van der Waals surface area contributed by atoms with Crippen molar-refractivity contribution < 1.29 is 0 Å². The van der Waals surface area contributed by atoms with Gasteiger partial charge in [-0.3, -0.25) is 9.36 Å². The summed E-state index contributed by atoms with van der Waals surface area (Å²) in [6.45, 7) is 0. The van der Waals surface area contributed by atoms with E-state index in [4.69, 9.17) is 0 Å². The highest BCUT2D eigenvalue weighted by Crippen LogP contribution is 2.02. The molecule has 0 amide bonds. The maximum atomic E-state index is 11.9. The lowest BCUT2D eigenvalue weighted by Gasteiger charge is -2.04. The molecule has 0 bridgehead atoms. The zero-order chi connectivity index (χ0) is 13.8. The number of rotatable bonds is 3. The van der Waals surface area contributed by atoms with Crippen LogP contribution < -0.4 is 11.2 Å². The van der Waals surface area contributed by atoms with Gasteiger partial charge in [0.1, 0.15) is 0 Å². The van der Waals surface area contributed by atoms with Crippen molar-refractivity contribution in [3.63, 3.8) is 0 Å². The fourth-order valence-electron chi connectivity index (χ4n) is 1.91. The zero-order valence-corrected chi connectivity index (χ0v) is 11.0. The molecule has 0 spiro atoms. The van der Waals surface area contributed by atoms with Crippen LogP contribution in [0.2, 0.25) is 0 Å². The van der Waals surface area contributed by atoms with E-state index < -0.39 is 0 Å². The second kappa shape index (κ2) is 5.52. The lowest BCUT2D eigenvalue weighted by molar-refractivity contribution is 0.673. The van der Waals surface area contributed by atoms with E-state index in [-0.39, 0.29) is 11.2 Å². The van der Waals surface area contributed by atoms with Gasteiger partial charge in [-0.15, -0.1) is 0 Å². The van der Waals surface area contributed by atoms with Crippen LogP contribution in [0.5, 0.6) is 0 Å². The van der Waals surface area contributed by atoms with E-state index in [1.54, 1.807) is 13.2 Å². The average Bonchev–Trinajstić information content (AvgIpc) is 2.43. The summed E-state index contributed by atoms with van der Waals surface area (Å²) in [6, 6.07) is 9.88. The quantitative estimate of drug-likeness (QED) is 0.831. The summed E-state index contributed by atoms with van der Waals surface area (Å²) in [5.41, 5.74) is 1.16. The van der Waals surface area contributed by atoms with Gasteiger partial charge in [-0.05, 0) is 12.0 Å². The van der Waals surface area contributed by atoms with Gasteiger partial charge >= 0.3 is 5.69 Å². The van der Waals surface area contributed by atoms with E-state index in [9.17, 15) is 9.59 Å². The second-order valence-electron chi connectivity index (χ2n) is 4.43. The van der Waals surface area contributed by atoms with Crippen LogP contribution in [0.15, 0.2) is 52.2 Å². The molecular weight excluding hydrogens is 240 g/mol. The second-order valence-corrected chi connectivity index (χ2v) is 4.43. The Kier molecular flexibility index (Phi) is 3.80. The summed E-state index contributed by atoms with van der Waals surface area (Å²) < 4.78 is 2.55. The van der Waals surface area contributed by atoms with E-state index in [1.165, 1.54) is 11.6 Å². The summed E-state index contributed by atoms with van der Waals surface area (Å²) in [4.78, 5) is 23.4. The van der Waals surface area contributed by atoms with Crippen LogP contribution in [0.4, 0.5) is 0 Å². The van der Waals surface area contributed by atoms with Crippen molar-refractivity contribution in [2.24, 2.45) is 14.1 Å². The Bertz CT molecular complexity index is 709. The Hall–Kier alpha value is -2.36. The van der Waals surface area contributed by atoms with Crippen LogP contribution in [-0.2, 0) is 20.5 Å². The molecule has 2 aromatic rings. The highest BCUT2D eigenvalue weighted by molar-refractivity contribution is 5.49. The first-order valence-electron chi connectivity index (χ1n) is 6.06. The van der Waals surface area contributed by atoms with Gasteiger partial charge in [0.15, 0.2) is 0 Å². The zero-order valence-electron chi connectivity index (χ0n) is 11.0. The summed E-state index contributed by atoms with van der Waals surface area (Å²) in [7, 11) is 3.14. The standard InChI is InChI=1S/C15H16N2O2/c1-16-11-13(14(18)17(2)15(16)19)10-6-9-12-7-4-3-5-8-12/h3-9,11H,10H2,1-2H3/b9-6+. The van der Waals surface area contributed by atoms with Crippen LogP contribution in [0.1, 0.15) is 11.1 Å². The molecule has 1 heterocycles. The van der Waals surface area contributed by atoms with Crippen LogP contribution >= 0.6 is 0 Å². The number of aryl methyl sites for hydroxylation is 1. The van der Waals surface area contributed by atoms with Gasteiger partial charge in [0.2, 0.25) is 0 Å². The van der Waals surface area contributed by atoms with E-state index in [1.807, 2.05) is 42.5 Å². The number of aromatic nitrogens is 2. The number of benzene rings is 1. The van der Waals surface area contributed by atoms with Gasteiger partial charge in [-0.2, -0.15) is 0 Å². The van der Waals surface area contributed by atoms with E-state index in [2.05, 4.69) is 0 Å². The number of allylic oxidation sites excluding steroid dienone is 1. The Balaban J connectivity index is 2.24. The normalized spacial score (nSPS) is 11.1. The lowest BCUT2D eigenvalue weighted by Crippen LogP contribution is -2.38. The molecule has 0 aliphatic carbocycles. The predicted molar refractivity (Wildman–Crippen MR) is 76.1 cm³/mol. The molecule has 4 heteroatoms. The van der Waals surface area contributed by atoms with Gasteiger partial charge in [-0.1, -0.05) is 42.5 Å². The van der Waals surface area contributed by atoms with Crippen molar-refractivity contribution in [1.82, 2.24) is 9.13 Å². The van der Waals surface area contributed by atoms with E-state index in [0.717, 1.165) is 10.1 Å². The maximum absolute atomic E-state index is 11.9. The highest BCUT2D eigenvalue weighted by Gasteiger charge is 2.04. The average molecular weight is 256 g/mol. The van der Waals surface area contributed by atoms with Crippen molar-refractivity contribution in [3.8, 4) is 0 Å². The Morgan fingerprint density at radius 2 is 1.79 bits per heavy atom. The SMILES string of the molecule is Cn1cc(C/C=C/c2ccccc2)c(=O)n(C)c1=O. The Morgan fingerprint density at radius 3 is 2.47 bits per heavy atom. The Labute approximate surface area is 111 Å². The van der Waals surface area contributed by atoms with E-state index >= 15 is 0 Å². The van der Waals surface area contributed by atoms with Crippen LogP contribution in [0.3, 0.4) is 0 Å². The molecule has 2 rings (SSSR count). The first kappa shape index (κ1) is 13.1. The summed E-state index contributed by atoms with van der Waals surface area (Å²) in [5, 5.41) is 0. The topological polar surface area (TPSA) is 44.0 Å². The molecule has 0 atom stereocenters. The van der Waals surface area contributed by atoms with Crippen LogP contribution in [0, 0.1) is 0 Å². The van der Waals surface area contributed by atoms with Crippen molar-refractivity contribution in [2.75, 3.05) is 0 Å². The molecule has 1 aromatic carbocycles. The Morgan fingerprint density at radius 1 is 1.11 bits per heavy atom. The van der Waals surface area contributed by atoms with Crippen LogP contribution in [0.25, 0.3) is 6.08 Å². The van der Waals surface area contributed by atoms with Gasteiger partial charge in [0.05, 0.1) is 0 Å². The monoisotopic (exact) mass is 256 g/mol. The van der Waals surface area contributed by atoms with Crippen molar-refractivity contribution in [2.45, 2.75) is 6.42 Å². The number of hydrogen-bond donors (Lipinski definition) is 0. The molecule has 0 aliphatic heterocycles. The molecule has 4 nitrogen and oxygen atoms in total. The molecule has 19 heavy (non-hydrogen) atoms. The third kappa shape index (κ3) is 2.91. The largest absolute Gasteiger partial charge is 0.330 e. The first-order valence-corrected chi connectivity index (χ1v) is 6.06. The van der Waals surface area contributed by atoms with Crippen molar-refractivity contribution in [1.29, 1.82) is 0 Å². The predicted octanol–water partition coefficient (Wildman–Crippen LogP) is 1.34. The highest BCUT2D eigenvalue weighted by atomic mass is 16.2. The molecule has 0 aliphatic rings. The van der Waals surface area contributed by atoms with Gasteiger partial charge in [-0.25, -0.2) is 4.79 Å². The summed E-state index contributed by atoms with van der Waals surface area (Å²) in [6.07, 6.45) is 6.00. The maximum Gasteiger partial charge on any atom is 0.330 e. The third-order valence-electron chi connectivity index (χ3n) is 2.97. The van der Waals surface area contributed by atoms with Crippen molar-refractivity contribution >= 4 is 6.08 Å². The first-order chi connectivity index (χ1) is 9.09. The number of nitrogens with zero attached hydrogens (tertiary/aromatic N) is 2. The molecule has 0 saturated heterocycles. The molecule has 0 fully saturated rings. The van der Waals surface area contributed by atoms with Gasteiger partial charge in [0, 0.05) is 25.9 Å². The van der Waals surface area contributed by atoms with Crippen molar-refractivity contribution in [3.05, 3.63) is 74.6 Å². The number of hydrogen-bond acceptors (Lipinski definition) is 2. The fraction of sp³-hybridized carbons (Fsp3) is 0.200. The lowest BCUT2D eigenvalue weighted by atomic mass is 10.1. The molecule has 0 saturated carbocycles. The summed E-state index contributed by atoms with van der Waals surface area (Å²) >= 11 is 0. The van der Waals surface area contributed by atoms with Crippen LogP contribution in [-0.4, -0.2) is 9.13 Å². The third-order valence-corrected chi connectivity index (χ3v) is 2.97. The minimum absolute atomic E-state index is 0.235. The smallest absolute Gasteiger partial charge is 0.303 e. The molecule has 0 unspecified atom stereocenters. The summed E-state index contributed by atoms with van der Waals surface area (Å²) in [5.74, 6) is 0. The van der Waals surface area contributed by atoms with Gasteiger partial charge in [0.25, 0.3) is 5.56 Å². The van der Waals surface area contributed by atoms with E-state index in [0.29, 0.717) is 12.0 Å². The minimum atomic E-state index is -0.305. The molecule has 0 N–H and O–H groups in total. The fourth-order valence-corrected chi connectivity index (χ4v) is 1.91.